The molecule has 2 atom stereocenters. The molecule has 21 heavy (non-hydrogen) atoms. The molecular weight excluding hydrogens is 266 g/mol. The molecule has 0 saturated heterocycles. The van der Waals surface area contributed by atoms with Crippen LogP contribution >= 0.6 is 0 Å². The molecule has 2 unspecified atom stereocenters. The van der Waals surface area contributed by atoms with E-state index in [-0.39, 0.29) is 22.6 Å². The van der Waals surface area contributed by atoms with Gasteiger partial charge in [0.2, 0.25) is 0 Å². The van der Waals surface area contributed by atoms with Crippen molar-refractivity contribution < 1.29 is 4.92 Å². The van der Waals surface area contributed by atoms with E-state index in [0.29, 0.717) is 10.9 Å². The summed E-state index contributed by atoms with van der Waals surface area (Å²) in [6.45, 7) is 7.04. The number of nitro groups is 1. The lowest BCUT2D eigenvalue weighted by Crippen LogP contribution is -2.33. The van der Waals surface area contributed by atoms with Gasteiger partial charge in [-0.2, -0.15) is 0 Å². The second kappa shape index (κ2) is 6.63. The Kier molecular flexibility index (Phi) is 4.85. The van der Waals surface area contributed by atoms with Gasteiger partial charge in [0.1, 0.15) is 0 Å². The number of aromatic nitrogens is 1. The lowest BCUT2D eigenvalue weighted by molar-refractivity contribution is -0.383. The molecular formula is C16H21N3O2. The van der Waals surface area contributed by atoms with Gasteiger partial charge in [-0.3, -0.25) is 15.1 Å². The molecule has 0 spiro atoms. The molecule has 0 fully saturated rings. The quantitative estimate of drug-likeness (QED) is 0.650. The summed E-state index contributed by atoms with van der Waals surface area (Å²) in [5.74, 6) is 0.0694. The van der Waals surface area contributed by atoms with E-state index in [4.69, 9.17) is 0 Å². The molecule has 2 rings (SSSR count). The summed E-state index contributed by atoms with van der Waals surface area (Å²) in [7, 11) is 0. The minimum Gasteiger partial charge on any atom is -0.314 e. The highest BCUT2D eigenvalue weighted by molar-refractivity contribution is 5.89. The third kappa shape index (κ3) is 3.03. The molecule has 1 heterocycles. The molecule has 112 valence electrons. The van der Waals surface area contributed by atoms with Crippen molar-refractivity contribution >= 4 is 16.6 Å². The van der Waals surface area contributed by atoms with Crippen molar-refractivity contribution in [2.24, 2.45) is 0 Å². The SMILES string of the molecule is CCNC(CC)C(C)c1ccc2ncccc2c1[N+](=O)[O-]. The molecule has 2 aromatic rings. The minimum absolute atomic E-state index is 0.0694. The van der Waals surface area contributed by atoms with Crippen LogP contribution in [-0.4, -0.2) is 22.5 Å². The van der Waals surface area contributed by atoms with Crippen molar-refractivity contribution in [3.63, 3.8) is 0 Å². The van der Waals surface area contributed by atoms with Gasteiger partial charge in [0.25, 0.3) is 5.69 Å². The average molecular weight is 287 g/mol. The molecule has 0 radical (unpaired) electrons. The van der Waals surface area contributed by atoms with Crippen LogP contribution in [0.15, 0.2) is 30.5 Å². The summed E-state index contributed by atoms with van der Waals surface area (Å²) >= 11 is 0. The first kappa shape index (κ1) is 15.4. The smallest absolute Gasteiger partial charge is 0.282 e. The van der Waals surface area contributed by atoms with Crippen LogP contribution in [0.2, 0.25) is 0 Å². The summed E-state index contributed by atoms with van der Waals surface area (Å²) in [5.41, 5.74) is 1.62. The van der Waals surface area contributed by atoms with E-state index in [1.165, 1.54) is 0 Å². The zero-order chi connectivity index (χ0) is 15.4. The fourth-order valence-electron chi connectivity index (χ4n) is 2.88. The standard InChI is InChI=1S/C16H21N3O2/c1-4-14(17-5-2)11(3)12-8-9-15-13(7-6-10-18-15)16(12)19(20)21/h6-11,14,17H,4-5H2,1-3H3. The summed E-state index contributed by atoms with van der Waals surface area (Å²) in [6, 6.07) is 7.45. The Labute approximate surface area is 124 Å². The Hall–Kier alpha value is -2.01. The Morgan fingerprint density at radius 2 is 2.10 bits per heavy atom. The lowest BCUT2D eigenvalue weighted by atomic mass is 9.89. The van der Waals surface area contributed by atoms with Crippen molar-refractivity contribution in [1.29, 1.82) is 0 Å². The summed E-state index contributed by atoms with van der Waals surface area (Å²) in [5, 5.41) is 15.6. The highest BCUT2D eigenvalue weighted by Crippen LogP contribution is 2.35. The Bertz CT molecular complexity index is 642. The van der Waals surface area contributed by atoms with E-state index in [2.05, 4.69) is 17.2 Å². The van der Waals surface area contributed by atoms with E-state index in [9.17, 15) is 10.1 Å². The van der Waals surface area contributed by atoms with Crippen LogP contribution in [-0.2, 0) is 0 Å². The number of pyridine rings is 1. The number of nitro benzene ring substituents is 1. The van der Waals surface area contributed by atoms with E-state index in [0.717, 1.165) is 18.5 Å². The van der Waals surface area contributed by atoms with Crippen molar-refractivity contribution in [2.45, 2.75) is 39.2 Å². The fraction of sp³-hybridized carbons (Fsp3) is 0.438. The first-order valence-corrected chi connectivity index (χ1v) is 7.35. The van der Waals surface area contributed by atoms with Gasteiger partial charge in [-0.15, -0.1) is 0 Å². The first-order chi connectivity index (χ1) is 10.1. The van der Waals surface area contributed by atoms with Gasteiger partial charge in [0.05, 0.1) is 15.8 Å². The molecule has 5 nitrogen and oxygen atoms in total. The van der Waals surface area contributed by atoms with Gasteiger partial charge in [-0.05, 0) is 37.2 Å². The van der Waals surface area contributed by atoms with Gasteiger partial charge in [-0.1, -0.05) is 20.8 Å². The number of likely N-dealkylation sites (N-methyl/N-ethyl adjacent to an activating group) is 1. The zero-order valence-electron chi connectivity index (χ0n) is 12.7. The Morgan fingerprint density at radius 1 is 1.33 bits per heavy atom. The number of hydrogen-bond acceptors (Lipinski definition) is 4. The Balaban J connectivity index is 2.57. The topological polar surface area (TPSA) is 68.1 Å². The highest BCUT2D eigenvalue weighted by atomic mass is 16.6. The van der Waals surface area contributed by atoms with Gasteiger partial charge < -0.3 is 5.32 Å². The summed E-state index contributed by atoms with van der Waals surface area (Å²) in [4.78, 5) is 15.5. The van der Waals surface area contributed by atoms with Crippen LogP contribution in [0.4, 0.5) is 5.69 Å². The van der Waals surface area contributed by atoms with E-state index in [1.54, 1.807) is 18.3 Å². The molecule has 0 aliphatic heterocycles. The van der Waals surface area contributed by atoms with Gasteiger partial charge in [0.15, 0.2) is 0 Å². The maximum Gasteiger partial charge on any atom is 0.282 e. The van der Waals surface area contributed by atoms with Crippen molar-refractivity contribution in [1.82, 2.24) is 10.3 Å². The van der Waals surface area contributed by atoms with Crippen molar-refractivity contribution in [3.8, 4) is 0 Å². The molecule has 0 amide bonds. The molecule has 1 N–H and O–H groups in total. The van der Waals surface area contributed by atoms with Crippen LogP contribution in [0.3, 0.4) is 0 Å². The lowest BCUT2D eigenvalue weighted by Gasteiger charge is -2.24. The number of nitrogens with zero attached hydrogens (tertiary/aromatic N) is 2. The molecule has 5 heteroatoms. The molecule has 0 aliphatic carbocycles. The second-order valence-electron chi connectivity index (χ2n) is 5.19. The summed E-state index contributed by atoms with van der Waals surface area (Å²) in [6.07, 6.45) is 2.58. The monoisotopic (exact) mass is 287 g/mol. The van der Waals surface area contributed by atoms with E-state index in [1.807, 2.05) is 26.0 Å². The highest BCUT2D eigenvalue weighted by Gasteiger charge is 2.26. The van der Waals surface area contributed by atoms with Crippen LogP contribution in [0.25, 0.3) is 10.9 Å². The average Bonchev–Trinajstić information content (AvgIpc) is 2.50. The van der Waals surface area contributed by atoms with Crippen molar-refractivity contribution in [2.75, 3.05) is 6.54 Å². The maximum atomic E-state index is 11.6. The fourth-order valence-corrected chi connectivity index (χ4v) is 2.88. The third-order valence-corrected chi connectivity index (χ3v) is 3.97. The second-order valence-corrected chi connectivity index (χ2v) is 5.19. The van der Waals surface area contributed by atoms with Crippen LogP contribution in [0.1, 0.15) is 38.7 Å². The predicted octanol–water partition coefficient (Wildman–Crippen LogP) is 3.63. The molecule has 0 aliphatic rings. The Morgan fingerprint density at radius 3 is 2.71 bits per heavy atom. The number of rotatable bonds is 6. The van der Waals surface area contributed by atoms with Gasteiger partial charge >= 0.3 is 0 Å². The van der Waals surface area contributed by atoms with Crippen LogP contribution in [0.5, 0.6) is 0 Å². The third-order valence-electron chi connectivity index (χ3n) is 3.97. The van der Waals surface area contributed by atoms with Crippen molar-refractivity contribution in [3.05, 3.63) is 46.1 Å². The van der Waals surface area contributed by atoms with Gasteiger partial charge in [0, 0.05) is 23.7 Å². The first-order valence-electron chi connectivity index (χ1n) is 7.35. The molecule has 1 aromatic heterocycles. The van der Waals surface area contributed by atoms with Crippen LogP contribution < -0.4 is 5.32 Å². The predicted molar refractivity (Wildman–Crippen MR) is 84.6 cm³/mol. The molecule has 1 aromatic carbocycles. The number of benzene rings is 1. The minimum atomic E-state index is -0.283. The zero-order valence-corrected chi connectivity index (χ0v) is 12.7. The molecule has 0 bridgehead atoms. The number of hydrogen-bond donors (Lipinski definition) is 1. The largest absolute Gasteiger partial charge is 0.314 e. The number of fused-ring (bicyclic) bond motifs is 1. The van der Waals surface area contributed by atoms with E-state index < -0.39 is 0 Å². The van der Waals surface area contributed by atoms with Crippen LogP contribution in [0, 0.1) is 10.1 Å². The normalized spacial score (nSPS) is 14.0. The maximum absolute atomic E-state index is 11.6. The van der Waals surface area contributed by atoms with Gasteiger partial charge in [-0.25, -0.2) is 0 Å². The number of nitrogens with one attached hydrogen (secondary N) is 1. The summed E-state index contributed by atoms with van der Waals surface area (Å²) < 4.78 is 0. The van der Waals surface area contributed by atoms with E-state index >= 15 is 0 Å². The molecule has 0 saturated carbocycles.